The van der Waals surface area contributed by atoms with Crippen LogP contribution in [0.1, 0.15) is 23.2 Å². The van der Waals surface area contributed by atoms with Gasteiger partial charge in [-0.15, -0.1) is 0 Å². The molecule has 0 spiro atoms. The molecular weight excluding hydrogens is 221 g/mol. The Balaban J connectivity index is 1.96. The number of hydrogen-bond acceptors (Lipinski definition) is 3. The van der Waals surface area contributed by atoms with Crippen molar-refractivity contribution in [2.24, 2.45) is 0 Å². The Morgan fingerprint density at radius 1 is 1.53 bits per heavy atom. The van der Waals surface area contributed by atoms with Gasteiger partial charge < -0.3 is 10.2 Å². The number of aromatic nitrogens is 1. The minimum Gasteiger partial charge on any atom is -0.349 e. The fourth-order valence-electron chi connectivity index (χ4n) is 1.97. The molecule has 0 saturated carbocycles. The molecule has 17 heavy (non-hydrogen) atoms. The monoisotopic (exact) mass is 237 g/mol. The molecular formula is C12H16FN3O. The highest BCUT2D eigenvalue weighted by Gasteiger charge is 2.20. The Morgan fingerprint density at radius 2 is 2.24 bits per heavy atom. The first-order valence-electron chi connectivity index (χ1n) is 5.77. The van der Waals surface area contributed by atoms with Gasteiger partial charge in [-0.1, -0.05) is 0 Å². The van der Waals surface area contributed by atoms with E-state index in [0.717, 1.165) is 25.9 Å². The van der Waals surface area contributed by atoms with E-state index in [2.05, 4.69) is 22.2 Å². The number of nitrogens with one attached hydrogen (secondary N) is 1. The molecule has 0 radical (unpaired) electrons. The standard InChI is InChI=1S/C12H16FN3O/c1-16-7-4-9(5-8-16)15-12(17)10-3-2-6-14-11(10)13/h2-3,6,9H,4-5,7-8H2,1H3,(H,15,17). The summed E-state index contributed by atoms with van der Waals surface area (Å²) in [6.07, 6.45) is 3.15. The van der Waals surface area contributed by atoms with Crippen LogP contribution in [0.4, 0.5) is 4.39 Å². The maximum Gasteiger partial charge on any atom is 0.256 e. The third kappa shape index (κ3) is 3.00. The predicted octanol–water partition coefficient (Wildman–Crippen LogP) is 1.04. The summed E-state index contributed by atoms with van der Waals surface area (Å²) in [6, 6.07) is 3.15. The third-order valence-corrected chi connectivity index (χ3v) is 3.06. The van der Waals surface area contributed by atoms with Gasteiger partial charge in [0.15, 0.2) is 0 Å². The molecule has 1 aliphatic rings. The van der Waals surface area contributed by atoms with Crippen molar-refractivity contribution in [1.29, 1.82) is 0 Å². The molecule has 1 saturated heterocycles. The number of halogens is 1. The molecule has 1 aromatic heterocycles. The number of pyridine rings is 1. The first-order valence-corrected chi connectivity index (χ1v) is 5.77. The van der Waals surface area contributed by atoms with Gasteiger partial charge in [-0.25, -0.2) is 4.98 Å². The van der Waals surface area contributed by atoms with E-state index < -0.39 is 5.95 Å². The molecule has 0 bridgehead atoms. The molecule has 1 N–H and O–H groups in total. The van der Waals surface area contributed by atoms with Crippen molar-refractivity contribution in [3.05, 3.63) is 29.8 Å². The molecule has 92 valence electrons. The summed E-state index contributed by atoms with van der Waals surface area (Å²) in [7, 11) is 2.05. The van der Waals surface area contributed by atoms with Crippen molar-refractivity contribution in [3.63, 3.8) is 0 Å². The molecule has 0 aliphatic carbocycles. The predicted molar refractivity (Wildman–Crippen MR) is 62.2 cm³/mol. The lowest BCUT2D eigenvalue weighted by Crippen LogP contribution is -2.43. The van der Waals surface area contributed by atoms with Crippen molar-refractivity contribution >= 4 is 5.91 Å². The Hall–Kier alpha value is -1.49. The van der Waals surface area contributed by atoms with Gasteiger partial charge in [0.25, 0.3) is 5.91 Å². The molecule has 5 heteroatoms. The summed E-state index contributed by atoms with van der Waals surface area (Å²) >= 11 is 0. The van der Waals surface area contributed by atoms with Crippen LogP contribution in [0.3, 0.4) is 0 Å². The normalized spacial score (nSPS) is 18.0. The van der Waals surface area contributed by atoms with E-state index in [1.54, 1.807) is 6.07 Å². The second-order valence-electron chi connectivity index (χ2n) is 4.39. The van der Waals surface area contributed by atoms with Crippen molar-refractivity contribution in [2.75, 3.05) is 20.1 Å². The lowest BCUT2D eigenvalue weighted by Gasteiger charge is -2.29. The van der Waals surface area contributed by atoms with E-state index >= 15 is 0 Å². The number of rotatable bonds is 2. The van der Waals surface area contributed by atoms with E-state index in [9.17, 15) is 9.18 Å². The maximum atomic E-state index is 13.3. The summed E-state index contributed by atoms with van der Waals surface area (Å²) in [6.45, 7) is 1.92. The summed E-state index contributed by atoms with van der Waals surface area (Å²) in [4.78, 5) is 17.5. The molecule has 2 rings (SSSR count). The SMILES string of the molecule is CN1CCC(NC(=O)c2cccnc2F)CC1. The zero-order valence-electron chi connectivity index (χ0n) is 9.82. The Morgan fingerprint density at radius 3 is 2.88 bits per heavy atom. The number of amides is 1. The Labute approximate surface area is 99.8 Å². The van der Waals surface area contributed by atoms with Crippen LogP contribution >= 0.6 is 0 Å². The van der Waals surface area contributed by atoms with Crippen LogP contribution in [0.5, 0.6) is 0 Å². The van der Waals surface area contributed by atoms with Crippen LogP contribution in [-0.4, -0.2) is 42.0 Å². The van der Waals surface area contributed by atoms with Gasteiger partial charge in [-0.05, 0) is 45.1 Å². The van der Waals surface area contributed by atoms with Crippen molar-refractivity contribution < 1.29 is 9.18 Å². The zero-order chi connectivity index (χ0) is 12.3. The fraction of sp³-hybridized carbons (Fsp3) is 0.500. The van der Waals surface area contributed by atoms with Crippen LogP contribution in [0.2, 0.25) is 0 Å². The smallest absolute Gasteiger partial charge is 0.256 e. The number of carbonyl (C=O) groups excluding carboxylic acids is 1. The lowest BCUT2D eigenvalue weighted by molar-refractivity contribution is 0.0912. The van der Waals surface area contributed by atoms with E-state index in [0.29, 0.717) is 0 Å². The number of hydrogen-bond donors (Lipinski definition) is 1. The molecule has 0 atom stereocenters. The Bertz CT molecular complexity index is 402. The van der Waals surface area contributed by atoms with Gasteiger partial charge >= 0.3 is 0 Å². The fourth-order valence-corrected chi connectivity index (χ4v) is 1.97. The minimum atomic E-state index is -0.710. The molecule has 0 unspecified atom stereocenters. The molecule has 0 aromatic carbocycles. The summed E-state index contributed by atoms with van der Waals surface area (Å²) < 4.78 is 13.3. The van der Waals surface area contributed by atoms with Crippen molar-refractivity contribution in [3.8, 4) is 0 Å². The van der Waals surface area contributed by atoms with E-state index in [-0.39, 0.29) is 17.5 Å². The van der Waals surface area contributed by atoms with E-state index in [1.807, 2.05) is 0 Å². The van der Waals surface area contributed by atoms with Crippen LogP contribution in [0.25, 0.3) is 0 Å². The number of likely N-dealkylation sites (tertiary alicyclic amines) is 1. The quantitative estimate of drug-likeness (QED) is 0.782. The van der Waals surface area contributed by atoms with Crippen LogP contribution in [0, 0.1) is 5.95 Å². The average Bonchev–Trinajstić information content (AvgIpc) is 2.32. The molecule has 1 amide bonds. The third-order valence-electron chi connectivity index (χ3n) is 3.06. The van der Waals surface area contributed by atoms with Crippen molar-refractivity contribution in [2.45, 2.75) is 18.9 Å². The molecule has 1 fully saturated rings. The average molecular weight is 237 g/mol. The number of carbonyl (C=O) groups is 1. The van der Waals surface area contributed by atoms with Gasteiger partial charge in [-0.3, -0.25) is 4.79 Å². The van der Waals surface area contributed by atoms with Crippen LogP contribution in [-0.2, 0) is 0 Å². The molecule has 4 nitrogen and oxygen atoms in total. The second kappa shape index (κ2) is 5.23. The molecule has 2 heterocycles. The van der Waals surface area contributed by atoms with Crippen molar-refractivity contribution in [1.82, 2.24) is 15.2 Å². The van der Waals surface area contributed by atoms with Gasteiger partial charge in [-0.2, -0.15) is 4.39 Å². The molecule has 1 aliphatic heterocycles. The first kappa shape index (κ1) is 12.0. The highest BCUT2D eigenvalue weighted by Crippen LogP contribution is 2.10. The molecule has 1 aromatic rings. The van der Waals surface area contributed by atoms with E-state index in [1.165, 1.54) is 12.3 Å². The van der Waals surface area contributed by atoms with Crippen LogP contribution < -0.4 is 5.32 Å². The van der Waals surface area contributed by atoms with E-state index in [4.69, 9.17) is 0 Å². The van der Waals surface area contributed by atoms with Crippen LogP contribution in [0.15, 0.2) is 18.3 Å². The second-order valence-corrected chi connectivity index (χ2v) is 4.39. The summed E-state index contributed by atoms with van der Waals surface area (Å²) in [5.41, 5.74) is 0.0198. The van der Waals surface area contributed by atoms with Gasteiger partial charge in [0.05, 0.1) is 5.56 Å². The van der Waals surface area contributed by atoms with Gasteiger partial charge in [0.2, 0.25) is 5.95 Å². The van der Waals surface area contributed by atoms with Gasteiger partial charge in [0, 0.05) is 12.2 Å². The topological polar surface area (TPSA) is 45.2 Å². The zero-order valence-corrected chi connectivity index (χ0v) is 9.82. The highest BCUT2D eigenvalue weighted by atomic mass is 19.1. The maximum absolute atomic E-state index is 13.3. The number of nitrogens with zero attached hydrogens (tertiary/aromatic N) is 2. The largest absolute Gasteiger partial charge is 0.349 e. The highest BCUT2D eigenvalue weighted by molar-refractivity contribution is 5.94. The lowest BCUT2D eigenvalue weighted by atomic mass is 10.1. The number of piperidine rings is 1. The van der Waals surface area contributed by atoms with Gasteiger partial charge in [0.1, 0.15) is 0 Å². The summed E-state index contributed by atoms with van der Waals surface area (Å²) in [5, 5.41) is 2.85. The first-order chi connectivity index (χ1) is 8.16. The summed E-state index contributed by atoms with van der Waals surface area (Å²) in [5.74, 6) is -1.08. The minimum absolute atomic E-state index is 0.0198. The Kier molecular flexibility index (Phi) is 3.68.